The molecule has 2 aromatic carbocycles. The summed E-state index contributed by atoms with van der Waals surface area (Å²) >= 11 is 0. The molecule has 0 radical (unpaired) electrons. The number of carbonyl (C=O) groups is 1. The highest BCUT2D eigenvalue weighted by Gasteiger charge is 2.28. The van der Waals surface area contributed by atoms with Crippen molar-refractivity contribution >= 4 is 21.6 Å². The molecule has 168 valence electrons. The summed E-state index contributed by atoms with van der Waals surface area (Å²) in [5.41, 5.74) is 1.13. The van der Waals surface area contributed by atoms with Crippen LogP contribution in [0.2, 0.25) is 0 Å². The lowest BCUT2D eigenvalue weighted by atomic mass is 9.97. The average Bonchev–Trinajstić information content (AvgIpc) is 2.72. The SMILES string of the molecule is CCOc1ccc(NC(C)=O)cc1S(=O)(=O)N[C@H](c1ccc2c(c1)OCCO2)C(C)C. The predicted octanol–water partition coefficient (Wildman–Crippen LogP) is 3.49. The van der Waals surface area contributed by atoms with Gasteiger partial charge < -0.3 is 19.5 Å². The van der Waals surface area contributed by atoms with Crippen LogP contribution in [0, 0.1) is 5.92 Å². The fraction of sp³-hybridized carbons (Fsp3) is 0.409. The number of fused-ring (bicyclic) bond motifs is 1. The molecule has 0 bridgehead atoms. The summed E-state index contributed by atoms with van der Waals surface area (Å²) in [6, 6.07) is 9.45. The zero-order valence-corrected chi connectivity index (χ0v) is 18.9. The standard InChI is InChI=1S/C22H28N2O6S/c1-5-28-19-9-7-17(23-15(4)25)13-21(19)31(26,27)24-22(14(2)3)16-6-8-18-20(12-16)30-11-10-29-18/h6-9,12-14,22,24H,5,10-11H2,1-4H3,(H,23,25)/t22-/m0/s1. The molecule has 0 unspecified atom stereocenters. The van der Waals surface area contributed by atoms with Gasteiger partial charge in [-0.15, -0.1) is 0 Å². The number of sulfonamides is 1. The second-order valence-electron chi connectivity index (χ2n) is 7.52. The minimum absolute atomic E-state index is 0.0382. The third-order valence-corrected chi connectivity index (χ3v) is 6.19. The van der Waals surface area contributed by atoms with Gasteiger partial charge in [0.1, 0.15) is 23.9 Å². The smallest absolute Gasteiger partial charge is 0.244 e. The number of rotatable bonds is 8. The normalized spacial score (nSPS) is 14.2. The van der Waals surface area contributed by atoms with Gasteiger partial charge in [-0.1, -0.05) is 19.9 Å². The minimum Gasteiger partial charge on any atom is -0.492 e. The zero-order chi connectivity index (χ0) is 22.6. The summed E-state index contributed by atoms with van der Waals surface area (Å²) in [4.78, 5) is 11.4. The van der Waals surface area contributed by atoms with Crippen LogP contribution in [0.5, 0.6) is 17.2 Å². The van der Waals surface area contributed by atoms with Gasteiger partial charge in [-0.25, -0.2) is 13.1 Å². The number of benzene rings is 2. The van der Waals surface area contributed by atoms with Gasteiger partial charge in [-0.2, -0.15) is 0 Å². The molecular weight excluding hydrogens is 420 g/mol. The van der Waals surface area contributed by atoms with Crippen molar-refractivity contribution in [2.45, 2.75) is 38.6 Å². The van der Waals surface area contributed by atoms with Crippen molar-refractivity contribution in [2.75, 3.05) is 25.1 Å². The molecule has 0 fully saturated rings. The second kappa shape index (κ2) is 9.57. The third kappa shape index (κ3) is 5.48. The first-order chi connectivity index (χ1) is 14.7. The van der Waals surface area contributed by atoms with Crippen LogP contribution in [0.3, 0.4) is 0 Å². The van der Waals surface area contributed by atoms with Crippen LogP contribution in [0.15, 0.2) is 41.3 Å². The molecule has 0 saturated heterocycles. The van der Waals surface area contributed by atoms with E-state index in [9.17, 15) is 13.2 Å². The Morgan fingerprint density at radius 2 is 1.81 bits per heavy atom. The minimum atomic E-state index is -3.98. The summed E-state index contributed by atoms with van der Waals surface area (Å²) in [7, 11) is -3.98. The number of amides is 1. The average molecular weight is 449 g/mol. The highest BCUT2D eigenvalue weighted by atomic mass is 32.2. The molecule has 0 saturated carbocycles. The van der Waals surface area contributed by atoms with Gasteiger partial charge in [-0.3, -0.25) is 4.79 Å². The molecule has 9 heteroatoms. The van der Waals surface area contributed by atoms with Crippen molar-refractivity contribution in [2.24, 2.45) is 5.92 Å². The lowest BCUT2D eigenvalue weighted by molar-refractivity contribution is -0.114. The predicted molar refractivity (Wildman–Crippen MR) is 117 cm³/mol. The van der Waals surface area contributed by atoms with Crippen molar-refractivity contribution in [3.05, 3.63) is 42.0 Å². The van der Waals surface area contributed by atoms with E-state index in [0.717, 1.165) is 5.56 Å². The molecule has 1 amide bonds. The van der Waals surface area contributed by atoms with E-state index < -0.39 is 16.1 Å². The molecule has 31 heavy (non-hydrogen) atoms. The van der Waals surface area contributed by atoms with E-state index in [4.69, 9.17) is 14.2 Å². The summed E-state index contributed by atoms with van der Waals surface area (Å²) < 4.78 is 46.3. The van der Waals surface area contributed by atoms with Crippen LogP contribution < -0.4 is 24.2 Å². The Hall–Kier alpha value is -2.78. The largest absolute Gasteiger partial charge is 0.492 e. The van der Waals surface area contributed by atoms with E-state index in [1.54, 1.807) is 25.1 Å². The maximum absolute atomic E-state index is 13.4. The maximum Gasteiger partial charge on any atom is 0.244 e. The van der Waals surface area contributed by atoms with Gasteiger partial charge in [0.15, 0.2) is 11.5 Å². The molecule has 0 aliphatic carbocycles. The Labute approximate surface area is 182 Å². The lowest BCUT2D eigenvalue weighted by Crippen LogP contribution is -2.32. The van der Waals surface area contributed by atoms with E-state index in [2.05, 4.69) is 10.0 Å². The zero-order valence-electron chi connectivity index (χ0n) is 18.1. The Morgan fingerprint density at radius 1 is 1.10 bits per heavy atom. The Morgan fingerprint density at radius 3 is 2.45 bits per heavy atom. The van der Waals surface area contributed by atoms with Gasteiger partial charge >= 0.3 is 0 Å². The molecular formula is C22H28N2O6S. The molecule has 1 heterocycles. The van der Waals surface area contributed by atoms with Crippen molar-refractivity contribution in [1.82, 2.24) is 4.72 Å². The van der Waals surface area contributed by atoms with E-state index in [-0.39, 0.29) is 22.5 Å². The van der Waals surface area contributed by atoms with Crippen LogP contribution in [0.1, 0.15) is 39.3 Å². The Bertz CT molecular complexity index is 1050. The number of hydrogen-bond donors (Lipinski definition) is 2. The van der Waals surface area contributed by atoms with Crippen LogP contribution in [-0.4, -0.2) is 34.1 Å². The second-order valence-corrected chi connectivity index (χ2v) is 9.20. The van der Waals surface area contributed by atoms with Crippen molar-refractivity contribution in [1.29, 1.82) is 0 Å². The monoisotopic (exact) mass is 448 g/mol. The molecule has 1 atom stereocenters. The van der Waals surface area contributed by atoms with Crippen molar-refractivity contribution in [3.8, 4) is 17.2 Å². The molecule has 1 aliphatic heterocycles. The highest BCUT2D eigenvalue weighted by Crippen LogP contribution is 2.36. The van der Waals surface area contributed by atoms with Crippen molar-refractivity contribution < 1.29 is 27.4 Å². The molecule has 0 aromatic heterocycles. The Balaban J connectivity index is 1.97. The summed E-state index contributed by atoms with van der Waals surface area (Å²) in [5, 5.41) is 2.61. The summed E-state index contributed by atoms with van der Waals surface area (Å²) in [5.74, 6) is 1.11. The number of nitrogens with one attached hydrogen (secondary N) is 2. The first-order valence-corrected chi connectivity index (χ1v) is 11.7. The third-order valence-electron chi connectivity index (χ3n) is 4.73. The summed E-state index contributed by atoms with van der Waals surface area (Å²) in [6.45, 7) is 8.23. The van der Waals surface area contributed by atoms with Crippen molar-refractivity contribution in [3.63, 3.8) is 0 Å². The van der Waals surface area contributed by atoms with Gasteiger partial charge in [0.2, 0.25) is 15.9 Å². The van der Waals surface area contributed by atoms with E-state index >= 15 is 0 Å². The molecule has 3 rings (SSSR count). The number of anilines is 1. The number of hydrogen-bond acceptors (Lipinski definition) is 6. The first-order valence-electron chi connectivity index (χ1n) is 10.2. The topological polar surface area (TPSA) is 103 Å². The molecule has 1 aliphatic rings. The van der Waals surface area contributed by atoms with Gasteiger partial charge in [-0.05, 0) is 48.7 Å². The fourth-order valence-corrected chi connectivity index (χ4v) is 4.89. The molecule has 0 spiro atoms. The van der Waals surface area contributed by atoms with E-state index in [1.165, 1.54) is 19.1 Å². The maximum atomic E-state index is 13.4. The molecule has 2 aromatic rings. The van der Waals surface area contributed by atoms with Gasteiger partial charge in [0, 0.05) is 18.7 Å². The quantitative estimate of drug-likeness (QED) is 0.641. The van der Waals surface area contributed by atoms with Crippen LogP contribution in [0.4, 0.5) is 5.69 Å². The highest BCUT2D eigenvalue weighted by molar-refractivity contribution is 7.89. The fourth-order valence-electron chi connectivity index (χ4n) is 3.35. The first kappa shape index (κ1) is 22.9. The van der Waals surface area contributed by atoms with Crippen LogP contribution in [-0.2, 0) is 14.8 Å². The van der Waals surface area contributed by atoms with E-state index in [1.807, 2.05) is 19.9 Å². The van der Waals surface area contributed by atoms with Gasteiger partial charge in [0.25, 0.3) is 0 Å². The van der Waals surface area contributed by atoms with Gasteiger partial charge in [0.05, 0.1) is 6.61 Å². The lowest BCUT2D eigenvalue weighted by Gasteiger charge is -2.26. The van der Waals surface area contributed by atoms with E-state index in [0.29, 0.717) is 37.0 Å². The number of carbonyl (C=O) groups excluding carboxylic acids is 1. The molecule has 8 nitrogen and oxygen atoms in total. The van der Waals surface area contributed by atoms with Crippen LogP contribution >= 0.6 is 0 Å². The Kier molecular flexibility index (Phi) is 7.07. The molecule has 2 N–H and O–H groups in total. The van der Waals surface area contributed by atoms with Crippen LogP contribution in [0.25, 0.3) is 0 Å². The number of ether oxygens (including phenoxy) is 3. The summed E-state index contributed by atoms with van der Waals surface area (Å²) in [6.07, 6.45) is 0.